The van der Waals surface area contributed by atoms with Gasteiger partial charge in [0.05, 0.1) is 11.1 Å². The topological polar surface area (TPSA) is 139 Å². The van der Waals surface area contributed by atoms with Gasteiger partial charge in [-0.15, -0.1) is 11.8 Å². The average Bonchev–Trinajstić information content (AvgIpc) is 2.70. The molecule has 1 aliphatic rings. The lowest BCUT2D eigenvalue weighted by atomic mass is 10.1. The number of nitrogens with one attached hydrogen (secondary N) is 3. The summed E-state index contributed by atoms with van der Waals surface area (Å²) in [5, 5.41) is 19.1. The molecule has 146 valence electrons. The molecule has 0 saturated carbocycles. The molecule has 9 nitrogen and oxygen atoms in total. The highest BCUT2D eigenvalue weighted by Crippen LogP contribution is 2.20. The number of non-ortho nitro benzene ring substituents is 1. The fourth-order valence-electron chi connectivity index (χ4n) is 2.65. The van der Waals surface area contributed by atoms with Crippen LogP contribution in [0, 0.1) is 10.1 Å². The predicted molar refractivity (Wildman–Crippen MR) is 105 cm³/mol. The first-order valence-corrected chi connectivity index (χ1v) is 9.52. The van der Waals surface area contributed by atoms with E-state index in [-0.39, 0.29) is 17.5 Å². The van der Waals surface area contributed by atoms with Crippen LogP contribution in [0.1, 0.15) is 15.9 Å². The largest absolute Gasteiger partial charge is 0.338 e. The van der Waals surface area contributed by atoms with Crippen molar-refractivity contribution in [3.63, 3.8) is 0 Å². The van der Waals surface area contributed by atoms with E-state index in [0.717, 1.165) is 5.56 Å². The Morgan fingerprint density at radius 2 is 1.86 bits per heavy atom. The van der Waals surface area contributed by atoms with Gasteiger partial charge in [0.25, 0.3) is 11.6 Å². The van der Waals surface area contributed by atoms with E-state index in [2.05, 4.69) is 16.0 Å². The molecule has 3 atom stereocenters. The van der Waals surface area contributed by atoms with E-state index < -0.39 is 22.6 Å². The molecular weight excluding hydrogens is 382 g/mol. The zero-order valence-corrected chi connectivity index (χ0v) is 15.5. The van der Waals surface area contributed by atoms with Gasteiger partial charge in [0, 0.05) is 23.4 Å². The van der Waals surface area contributed by atoms with Crippen LogP contribution in [0.15, 0.2) is 54.6 Å². The van der Waals surface area contributed by atoms with Crippen molar-refractivity contribution in [3.8, 4) is 0 Å². The van der Waals surface area contributed by atoms with Crippen molar-refractivity contribution >= 4 is 29.3 Å². The highest BCUT2D eigenvalue weighted by atomic mass is 32.2. The van der Waals surface area contributed by atoms with Crippen molar-refractivity contribution in [3.05, 3.63) is 75.8 Å². The van der Waals surface area contributed by atoms with Crippen LogP contribution in [0.5, 0.6) is 0 Å². The van der Waals surface area contributed by atoms with Gasteiger partial charge in [-0.25, -0.2) is 0 Å². The molecule has 1 saturated heterocycles. The zero-order chi connectivity index (χ0) is 20.1. The molecule has 3 unspecified atom stereocenters. The van der Waals surface area contributed by atoms with Crippen molar-refractivity contribution in [1.82, 2.24) is 16.0 Å². The molecule has 0 radical (unpaired) electrons. The minimum atomic E-state index is -0.899. The Morgan fingerprint density at radius 1 is 1.18 bits per heavy atom. The summed E-state index contributed by atoms with van der Waals surface area (Å²) < 4.78 is 0. The SMILES string of the molecule is NC1NC(SCc2ccc([N+](=O)[O-])cc2)NC(=O)C1NC(=O)c1ccccc1. The molecule has 2 amide bonds. The number of nitro benzene ring substituents is 1. The Kier molecular flexibility index (Phi) is 6.24. The Hall–Kier alpha value is -2.95. The van der Waals surface area contributed by atoms with Gasteiger partial charge in [-0.05, 0) is 17.7 Å². The predicted octanol–water partition coefficient (Wildman–Crippen LogP) is 0.914. The van der Waals surface area contributed by atoms with E-state index >= 15 is 0 Å². The maximum absolute atomic E-state index is 12.4. The van der Waals surface area contributed by atoms with E-state index in [1.807, 2.05) is 0 Å². The summed E-state index contributed by atoms with van der Waals surface area (Å²) in [6.45, 7) is 0. The fourth-order valence-corrected chi connectivity index (χ4v) is 3.65. The van der Waals surface area contributed by atoms with Gasteiger partial charge >= 0.3 is 0 Å². The monoisotopic (exact) mass is 401 g/mol. The van der Waals surface area contributed by atoms with Gasteiger partial charge in [-0.3, -0.25) is 25.0 Å². The first-order chi connectivity index (χ1) is 13.4. The van der Waals surface area contributed by atoms with Gasteiger partial charge in [-0.1, -0.05) is 30.3 Å². The number of carbonyl (C=O) groups is 2. The molecule has 0 bridgehead atoms. The van der Waals surface area contributed by atoms with Crippen molar-refractivity contribution < 1.29 is 14.5 Å². The molecule has 5 N–H and O–H groups in total. The van der Waals surface area contributed by atoms with Crippen LogP contribution in [0.3, 0.4) is 0 Å². The van der Waals surface area contributed by atoms with Crippen LogP contribution >= 0.6 is 11.8 Å². The Labute approximate surface area is 165 Å². The number of thioether (sulfide) groups is 1. The smallest absolute Gasteiger partial charge is 0.269 e. The van der Waals surface area contributed by atoms with Crippen LogP contribution in [0.2, 0.25) is 0 Å². The van der Waals surface area contributed by atoms with E-state index in [0.29, 0.717) is 11.3 Å². The Bertz CT molecular complexity index is 862. The van der Waals surface area contributed by atoms with Gasteiger partial charge in [0.2, 0.25) is 5.91 Å². The normalized spacial score (nSPS) is 21.6. The Balaban J connectivity index is 1.53. The molecule has 1 fully saturated rings. The molecule has 28 heavy (non-hydrogen) atoms. The van der Waals surface area contributed by atoms with Crippen molar-refractivity contribution in [2.75, 3.05) is 0 Å². The third-order valence-electron chi connectivity index (χ3n) is 4.15. The average molecular weight is 401 g/mol. The number of benzene rings is 2. The van der Waals surface area contributed by atoms with Gasteiger partial charge < -0.3 is 16.4 Å². The number of nitrogens with zero attached hydrogens (tertiary/aromatic N) is 1. The molecule has 0 aromatic heterocycles. The number of nitro groups is 1. The maximum Gasteiger partial charge on any atom is 0.269 e. The zero-order valence-electron chi connectivity index (χ0n) is 14.7. The highest BCUT2D eigenvalue weighted by Gasteiger charge is 2.35. The number of rotatable bonds is 6. The molecule has 2 aromatic rings. The second-order valence-corrected chi connectivity index (χ2v) is 7.23. The van der Waals surface area contributed by atoms with E-state index in [1.54, 1.807) is 42.5 Å². The summed E-state index contributed by atoms with van der Waals surface area (Å²) in [4.78, 5) is 34.9. The standard InChI is InChI=1S/C18H19N5O4S/c19-15-14(20-16(24)12-4-2-1-3-5-12)17(25)22-18(21-15)28-10-11-6-8-13(9-7-11)23(26)27/h1-9,14-15,18,21H,10,19H2,(H,20,24)(H,22,25). The molecule has 1 heterocycles. The maximum atomic E-state index is 12.4. The van der Waals surface area contributed by atoms with E-state index in [9.17, 15) is 19.7 Å². The van der Waals surface area contributed by atoms with Gasteiger partial charge in [-0.2, -0.15) is 0 Å². The lowest BCUT2D eigenvalue weighted by molar-refractivity contribution is -0.384. The second-order valence-electron chi connectivity index (χ2n) is 6.13. The lowest BCUT2D eigenvalue weighted by Gasteiger charge is -2.35. The summed E-state index contributed by atoms with van der Waals surface area (Å²) in [6.07, 6.45) is -0.754. The van der Waals surface area contributed by atoms with Crippen molar-refractivity contribution in [2.24, 2.45) is 5.73 Å². The molecule has 3 rings (SSSR count). The molecule has 0 aliphatic carbocycles. The lowest BCUT2D eigenvalue weighted by Crippen LogP contribution is -2.70. The number of hydrogen-bond donors (Lipinski definition) is 4. The summed E-state index contributed by atoms with van der Waals surface area (Å²) in [5.41, 5.74) is 6.93. The molecule has 1 aliphatic heterocycles. The summed E-state index contributed by atoms with van der Waals surface area (Å²) in [6, 6.07) is 13.9. The van der Waals surface area contributed by atoms with Crippen LogP contribution in [0.4, 0.5) is 5.69 Å². The van der Waals surface area contributed by atoms with E-state index in [4.69, 9.17) is 5.73 Å². The van der Waals surface area contributed by atoms with E-state index in [1.165, 1.54) is 23.9 Å². The minimum absolute atomic E-state index is 0.0249. The van der Waals surface area contributed by atoms with Gasteiger partial charge in [0.1, 0.15) is 11.5 Å². The summed E-state index contributed by atoms with van der Waals surface area (Å²) >= 11 is 1.38. The van der Waals surface area contributed by atoms with Crippen molar-refractivity contribution in [1.29, 1.82) is 0 Å². The third kappa shape index (κ3) is 4.85. The first-order valence-electron chi connectivity index (χ1n) is 8.47. The van der Waals surface area contributed by atoms with Crippen LogP contribution in [-0.4, -0.2) is 34.4 Å². The first kappa shape index (κ1) is 19.8. The van der Waals surface area contributed by atoms with Crippen LogP contribution in [-0.2, 0) is 10.5 Å². The summed E-state index contributed by atoms with van der Waals surface area (Å²) in [7, 11) is 0. The summed E-state index contributed by atoms with van der Waals surface area (Å²) in [5.74, 6) is -0.240. The number of amides is 2. The number of nitrogens with two attached hydrogens (primary N) is 1. The molecular formula is C18H19N5O4S. The third-order valence-corrected chi connectivity index (χ3v) is 5.23. The number of carbonyl (C=O) groups excluding carboxylic acids is 2. The second kappa shape index (κ2) is 8.83. The van der Waals surface area contributed by atoms with Crippen LogP contribution in [0.25, 0.3) is 0 Å². The highest BCUT2D eigenvalue weighted by molar-refractivity contribution is 7.99. The van der Waals surface area contributed by atoms with Crippen LogP contribution < -0.4 is 21.7 Å². The van der Waals surface area contributed by atoms with Gasteiger partial charge in [0.15, 0.2) is 0 Å². The molecule has 10 heteroatoms. The fraction of sp³-hybridized carbons (Fsp3) is 0.222. The minimum Gasteiger partial charge on any atom is -0.338 e. The van der Waals surface area contributed by atoms with Crippen molar-refractivity contribution in [2.45, 2.75) is 23.5 Å². The Morgan fingerprint density at radius 3 is 2.46 bits per heavy atom. The molecule has 2 aromatic carbocycles. The quantitative estimate of drug-likeness (QED) is 0.417. The molecule has 0 spiro atoms. The number of hydrogen-bond acceptors (Lipinski definition) is 7.